The van der Waals surface area contributed by atoms with E-state index >= 15 is 0 Å². The molecule has 0 aliphatic rings. The molecule has 0 bridgehead atoms. The lowest BCUT2D eigenvalue weighted by Gasteiger charge is -2.06. The Labute approximate surface area is 190 Å². The highest BCUT2D eigenvalue weighted by Gasteiger charge is 2.19. The topological polar surface area (TPSA) is 89.8 Å². The van der Waals surface area contributed by atoms with Crippen LogP contribution in [0.2, 0.25) is 0 Å². The van der Waals surface area contributed by atoms with E-state index in [1.807, 2.05) is 61.6 Å². The number of aromatic nitrogens is 5. The molecule has 9 heteroatoms. The number of hydrogen-bond donors (Lipinski definition) is 2. The summed E-state index contributed by atoms with van der Waals surface area (Å²) in [5, 5.41) is 14.6. The number of nitrogens with one attached hydrogen (secondary N) is 2. The Balaban J connectivity index is 1.58. The largest absolute Gasteiger partial charge is 0.497 e. The van der Waals surface area contributed by atoms with Gasteiger partial charge in [0.2, 0.25) is 0 Å². The molecule has 0 atom stereocenters. The average Bonchev–Trinajstić information content (AvgIpc) is 3.38. The smallest absolute Gasteiger partial charge is 0.255 e. The average molecular weight is 449 g/mol. The van der Waals surface area contributed by atoms with Crippen LogP contribution in [0.3, 0.4) is 0 Å². The monoisotopic (exact) mass is 448 g/mol. The van der Waals surface area contributed by atoms with Gasteiger partial charge in [-0.15, -0.1) is 0 Å². The first kappa shape index (κ1) is 21.5. The Morgan fingerprint density at radius 2 is 2.00 bits per heavy atom. The Hall–Kier alpha value is -3.72. The van der Waals surface area contributed by atoms with Crippen LogP contribution >= 0.6 is 12.2 Å². The second kappa shape index (κ2) is 9.61. The molecule has 164 valence electrons. The quantitative estimate of drug-likeness (QED) is 0.404. The fourth-order valence-corrected chi connectivity index (χ4v) is 3.56. The number of hydrogen-bond acceptors (Lipinski definition) is 5. The first-order valence-corrected chi connectivity index (χ1v) is 10.6. The minimum Gasteiger partial charge on any atom is -0.497 e. The van der Waals surface area contributed by atoms with Crippen LogP contribution in [-0.4, -0.2) is 44.1 Å². The van der Waals surface area contributed by atoms with Crippen molar-refractivity contribution in [3.63, 3.8) is 0 Å². The third kappa shape index (κ3) is 4.78. The number of rotatable bonds is 8. The van der Waals surface area contributed by atoms with Gasteiger partial charge >= 0.3 is 0 Å². The van der Waals surface area contributed by atoms with E-state index in [-0.39, 0.29) is 5.91 Å². The SMILES string of the molecule is COc1cccc(-c2nn(Cc3ccccc3)cc2C(=O)NCCc2n[nH]c(=S)n2C)c1. The van der Waals surface area contributed by atoms with Crippen LogP contribution in [-0.2, 0) is 20.0 Å². The molecule has 0 saturated carbocycles. The standard InChI is InChI=1S/C23H24N6O2S/c1-28-20(25-26-23(28)32)11-12-24-22(30)19-15-29(14-16-7-4-3-5-8-16)27-21(19)17-9-6-10-18(13-17)31-2/h3-10,13,15H,11-12,14H2,1-2H3,(H,24,30)(H,26,32). The number of amides is 1. The number of ether oxygens (including phenoxy) is 1. The summed E-state index contributed by atoms with van der Waals surface area (Å²) in [6.45, 7) is 0.990. The Morgan fingerprint density at radius 1 is 1.19 bits per heavy atom. The lowest BCUT2D eigenvalue weighted by molar-refractivity contribution is 0.0954. The molecule has 0 saturated heterocycles. The number of nitrogens with zero attached hydrogens (tertiary/aromatic N) is 4. The van der Waals surface area contributed by atoms with Crippen LogP contribution in [0, 0.1) is 4.77 Å². The molecule has 0 radical (unpaired) electrons. The second-order valence-electron chi connectivity index (χ2n) is 7.32. The third-order valence-corrected chi connectivity index (χ3v) is 5.51. The molecular weight excluding hydrogens is 424 g/mol. The molecule has 0 fully saturated rings. The summed E-state index contributed by atoms with van der Waals surface area (Å²) >= 11 is 5.14. The highest BCUT2D eigenvalue weighted by Crippen LogP contribution is 2.26. The number of H-pyrrole nitrogens is 1. The van der Waals surface area contributed by atoms with Crippen LogP contribution in [0.25, 0.3) is 11.3 Å². The summed E-state index contributed by atoms with van der Waals surface area (Å²) < 4.78 is 9.48. The summed E-state index contributed by atoms with van der Waals surface area (Å²) in [5.41, 5.74) is 3.03. The van der Waals surface area contributed by atoms with Crippen LogP contribution in [0.5, 0.6) is 5.75 Å². The zero-order valence-electron chi connectivity index (χ0n) is 17.9. The van der Waals surface area contributed by atoms with E-state index < -0.39 is 0 Å². The van der Waals surface area contributed by atoms with E-state index in [0.29, 0.717) is 41.3 Å². The maximum absolute atomic E-state index is 13.1. The maximum Gasteiger partial charge on any atom is 0.255 e. The number of methoxy groups -OCH3 is 1. The van der Waals surface area contributed by atoms with Crippen molar-refractivity contribution >= 4 is 18.1 Å². The lowest BCUT2D eigenvalue weighted by atomic mass is 10.1. The van der Waals surface area contributed by atoms with Crippen molar-refractivity contribution in [2.45, 2.75) is 13.0 Å². The number of aromatic amines is 1. The normalized spacial score (nSPS) is 10.8. The van der Waals surface area contributed by atoms with Gasteiger partial charge < -0.3 is 14.6 Å². The summed E-state index contributed by atoms with van der Waals surface area (Å²) in [4.78, 5) is 13.1. The van der Waals surface area contributed by atoms with Gasteiger partial charge in [0.05, 0.1) is 19.2 Å². The highest BCUT2D eigenvalue weighted by molar-refractivity contribution is 7.71. The van der Waals surface area contributed by atoms with E-state index in [4.69, 9.17) is 22.1 Å². The predicted molar refractivity (Wildman–Crippen MR) is 124 cm³/mol. The molecule has 32 heavy (non-hydrogen) atoms. The minimum absolute atomic E-state index is 0.195. The molecule has 0 aliphatic carbocycles. The van der Waals surface area contributed by atoms with Gasteiger partial charge in [0.25, 0.3) is 5.91 Å². The van der Waals surface area contributed by atoms with Crippen molar-refractivity contribution in [2.75, 3.05) is 13.7 Å². The van der Waals surface area contributed by atoms with Crippen LogP contribution < -0.4 is 10.1 Å². The molecule has 0 unspecified atom stereocenters. The number of carbonyl (C=O) groups is 1. The van der Waals surface area contributed by atoms with E-state index in [1.165, 1.54) is 0 Å². The fourth-order valence-electron chi connectivity index (χ4n) is 3.41. The summed E-state index contributed by atoms with van der Waals surface area (Å²) in [5.74, 6) is 1.29. The van der Waals surface area contributed by atoms with Crippen LogP contribution in [0.1, 0.15) is 21.7 Å². The van der Waals surface area contributed by atoms with Gasteiger partial charge in [0, 0.05) is 31.8 Å². The van der Waals surface area contributed by atoms with Crippen molar-refractivity contribution in [1.29, 1.82) is 0 Å². The van der Waals surface area contributed by atoms with Crippen molar-refractivity contribution in [1.82, 2.24) is 29.9 Å². The summed E-state index contributed by atoms with van der Waals surface area (Å²) in [6.07, 6.45) is 2.34. The van der Waals surface area contributed by atoms with Crippen LogP contribution in [0.4, 0.5) is 0 Å². The van der Waals surface area contributed by atoms with Gasteiger partial charge in [0.15, 0.2) is 4.77 Å². The first-order valence-electron chi connectivity index (χ1n) is 10.2. The van der Waals surface area contributed by atoms with Gasteiger partial charge in [0.1, 0.15) is 17.3 Å². The van der Waals surface area contributed by atoms with Gasteiger partial charge in [-0.2, -0.15) is 10.2 Å². The van der Waals surface area contributed by atoms with Gasteiger partial charge in [-0.1, -0.05) is 42.5 Å². The zero-order chi connectivity index (χ0) is 22.5. The molecule has 4 rings (SSSR count). The molecule has 1 amide bonds. The van der Waals surface area contributed by atoms with E-state index in [9.17, 15) is 4.79 Å². The minimum atomic E-state index is -0.195. The maximum atomic E-state index is 13.1. The Bertz CT molecular complexity index is 1280. The predicted octanol–water partition coefficient (Wildman–Crippen LogP) is 3.37. The molecular formula is C23H24N6O2S. The molecule has 2 heterocycles. The molecule has 2 aromatic carbocycles. The Morgan fingerprint density at radius 3 is 2.72 bits per heavy atom. The van der Waals surface area contributed by atoms with Crippen LogP contribution in [0.15, 0.2) is 60.8 Å². The molecule has 0 spiro atoms. The molecule has 8 nitrogen and oxygen atoms in total. The fraction of sp³-hybridized carbons (Fsp3) is 0.217. The third-order valence-electron chi connectivity index (χ3n) is 5.14. The van der Waals surface area contributed by atoms with E-state index in [1.54, 1.807) is 22.6 Å². The highest BCUT2D eigenvalue weighted by atomic mass is 32.1. The summed E-state index contributed by atoms with van der Waals surface area (Å²) in [6, 6.07) is 17.5. The first-order chi connectivity index (χ1) is 15.5. The van der Waals surface area contributed by atoms with E-state index in [2.05, 4.69) is 15.5 Å². The van der Waals surface area contributed by atoms with E-state index in [0.717, 1.165) is 17.0 Å². The second-order valence-corrected chi connectivity index (χ2v) is 7.70. The van der Waals surface area contributed by atoms with Gasteiger partial charge in [-0.05, 0) is 29.9 Å². The van der Waals surface area contributed by atoms with Crippen molar-refractivity contribution in [3.05, 3.63) is 82.5 Å². The van der Waals surface area contributed by atoms with Crippen molar-refractivity contribution in [2.24, 2.45) is 7.05 Å². The molecule has 4 aromatic rings. The Kier molecular flexibility index (Phi) is 6.46. The van der Waals surface area contributed by atoms with Gasteiger partial charge in [-0.25, -0.2) is 0 Å². The van der Waals surface area contributed by atoms with Crippen molar-refractivity contribution < 1.29 is 9.53 Å². The molecule has 2 N–H and O–H groups in total. The number of carbonyl (C=O) groups excluding carboxylic acids is 1. The summed E-state index contributed by atoms with van der Waals surface area (Å²) in [7, 11) is 3.46. The van der Waals surface area contributed by atoms with Gasteiger partial charge in [-0.3, -0.25) is 14.6 Å². The molecule has 2 aromatic heterocycles. The van der Waals surface area contributed by atoms with Crippen molar-refractivity contribution in [3.8, 4) is 17.0 Å². The molecule has 0 aliphatic heterocycles. The lowest BCUT2D eigenvalue weighted by Crippen LogP contribution is -2.26. The number of benzene rings is 2. The zero-order valence-corrected chi connectivity index (χ0v) is 18.7.